The molecule has 0 saturated carbocycles. The molecule has 1 aromatic rings. The van der Waals surface area contributed by atoms with Gasteiger partial charge in [0.1, 0.15) is 11.6 Å². The highest BCUT2D eigenvalue weighted by molar-refractivity contribution is 5.38. The predicted octanol–water partition coefficient (Wildman–Crippen LogP) is 1.28. The lowest BCUT2D eigenvalue weighted by atomic mass is 10.1. The molecule has 1 aliphatic heterocycles. The second-order valence-corrected chi connectivity index (χ2v) is 4.24. The van der Waals surface area contributed by atoms with Gasteiger partial charge in [-0.25, -0.2) is 9.97 Å². The van der Waals surface area contributed by atoms with Crippen LogP contribution in [-0.4, -0.2) is 30.6 Å². The molecule has 4 nitrogen and oxygen atoms in total. The second kappa shape index (κ2) is 4.14. The number of hydrogen-bond donors (Lipinski definition) is 1. The Morgan fingerprint density at radius 2 is 2.20 bits per heavy atom. The summed E-state index contributed by atoms with van der Waals surface area (Å²) in [5.41, 5.74) is 1.13. The molecule has 0 amide bonds. The number of nitrogens with one attached hydrogen (secondary N) is 1. The Labute approximate surface area is 90.7 Å². The van der Waals surface area contributed by atoms with Gasteiger partial charge in [-0.1, -0.05) is 0 Å². The van der Waals surface area contributed by atoms with E-state index in [-0.39, 0.29) is 0 Å². The molecule has 1 atom stereocenters. The van der Waals surface area contributed by atoms with Crippen molar-refractivity contribution in [2.75, 3.05) is 25.5 Å². The van der Waals surface area contributed by atoms with Gasteiger partial charge in [-0.15, -0.1) is 0 Å². The number of hydrogen-bond acceptors (Lipinski definition) is 4. The van der Waals surface area contributed by atoms with Crippen LogP contribution in [0.5, 0.6) is 0 Å². The van der Waals surface area contributed by atoms with Gasteiger partial charge in [0, 0.05) is 26.2 Å². The Morgan fingerprint density at radius 1 is 1.40 bits per heavy atom. The van der Waals surface area contributed by atoms with Gasteiger partial charge < -0.3 is 10.2 Å². The van der Waals surface area contributed by atoms with Gasteiger partial charge in [-0.2, -0.15) is 0 Å². The molecule has 4 heteroatoms. The van der Waals surface area contributed by atoms with Crippen molar-refractivity contribution in [1.82, 2.24) is 15.3 Å². The highest BCUT2D eigenvalue weighted by Crippen LogP contribution is 2.23. The molecule has 0 aliphatic carbocycles. The maximum absolute atomic E-state index is 4.50. The van der Waals surface area contributed by atoms with Crippen molar-refractivity contribution in [2.45, 2.75) is 25.8 Å². The van der Waals surface area contributed by atoms with Crippen molar-refractivity contribution in [2.24, 2.45) is 0 Å². The Hall–Kier alpha value is -1.16. The Bertz CT molecular complexity index is 342. The fraction of sp³-hybridized carbons (Fsp3) is 0.636. The smallest absolute Gasteiger partial charge is 0.132 e. The average Bonchev–Trinajstić information content (AvgIpc) is 2.69. The standard InChI is InChI=1S/C11H18N4/c1-8-13-10(9-5-4-6-12-9)7-11(14-8)15(2)3/h7,9,12H,4-6H2,1-3H3/t9-/m0/s1. The molecule has 1 aliphatic rings. The third kappa shape index (κ3) is 2.26. The van der Waals surface area contributed by atoms with Gasteiger partial charge in [0.05, 0.1) is 5.69 Å². The number of rotatable bonds is 2. The second-order valence-electron chi connectivity index (χ2n) is 4.24. The van der Waals surface area contributed by atoms with Crippen molar-refractivity contribution in [1.29, 1.82) is 0 Å². The van der Waals surface area contributed by atoms with Gasteiger partial charge in [-0.05, 0) is 26.3 Å². The van der Waals surface area contributed by atoms with Crippen LogP contribution in [0, 0.1) is 6.92 Å². The van der Waals surface area contributed by atoms with Crippen LogP contribution in [-0.2, 0) is 0 Å². The highest BCUT2D eigenvalue weighted by Gasteiger charge is 2.18. The third-order valence-electron chi connectivity index (χ3n) is 2.72. The van der Waals surface area contributed by atoms with E-state index in [1.54, 1.807) is 0 Å². The molecule has 1 N–H and O–H groups in total. The van der Waals surface area contributed by atoms with Crippen LogP contribution >= 0.6 is 0 Å². The molecule has 0 unspecified atom stereocenters. The summed E-state index contributed by atoms with van der Waals surface area (Å²) in [5.74, 6) is 1.84. The van der Waals surface area contributed by atoms with Crippen molar-refractivity contribution in [3.05, 3.63) is 17.6 Å². The zero-order valence-corrected chi connectivity index (χ0v) is 9.62. The lowest BCUT2D eigenvalue weighted by molar-refractivity contribution is 0.622. The fourth-order valence-electron chi connectivity index (χ4n) is 1.92. The van der Waals surface area contributed by atoms with E-state index in [0.717, 1.165) is 23.9 Å². The maximum Gasteiger partial charge on any atom is 0.132 e. The molecule has 0 spiro atoms. The van der Waals surface area contributed by atoms with Crippen LogP contribution in [0.1, 0.15) is 30.4 Å². The molecule has 82 valence electrons. The van der Waals surface area contributed by atoms with Crippen molar-refractivity contribution in [3.8, 4) is 0 Å². The monoisotopic (exact) mass is 206 g/mol. The first-order valence-corrected chi connectivity index (χ1v) is 5.43. The molecule has 1 fully saturated rings. The lowest BCUT2D eigenvalue weighted by Gasteiger charge is -2.15. The Morgan fingerprint density at radius 3 is 2.80 bits per heavy atom. The Balaban J connectivity index is 2.30. The first-order chi connectivity index (χ1) is 7.16. The summed E-state index contributed by atoms with van der Waals surface area (Å²) < 4.78 is 0. The molecule has 0 radical (unpaired) electrons. The number of nitrogens with zero attached hydrogens (tertiary/aromatic N) is 3. The summed E-state index contributed by atoms with van der Waals surface area (Å²) in [6.45, 7) is 3.05. The molecule has 1 saturated heterocycles. The van der Waals surface area contributed by atoms with E-state index in [1.165, 1.54) is 12.8 Å². The topological polar surface area (TPSA) is 41.1 Å². The maximum atomic E-state index is 4.50. The van der Waals surface area contributed by atoms with E-state index < -0.39 is 0 Å². The third-order valence-corrected chi connectivity index (χ3v) is 2.72. The molecule has 15 heavy (non-hydrogen) atoms. The minimum Gasteiger partial charge on any atom is -0.363 e. The van der Waals surface area contributed by atoms with Gasteiger partial charge in [0.2, 0.25) is 0 Å². The Kier molecular flexibility index (Phi) is 2.86. The summed E-state index contributed by atoms with van der Waals surface area (Å²) in [6.07, 6.45) is 2.42. The molecule has 0 aromatic carbocycles. The summed E-state index contributed by atoms with van der Waals surface area (Å²) in [7, 11) is 4.02. The highest BCUT2D eigenvalue weighted by atomic mass is 15.2. The van der Waals surface area contributed by atoms with E-state index in [1.807, 2.05) is 25.9 Å². The number of anilines is 1. The molecular formula is C11H18N4. The summed E-state index contributed by atoms with van der Waals surface area (Å²) >= 11 is 0. The molecule has 2 heterocycles. The summed E-state index contributed by atoms with van der Waals surface area (Å²) in [5, 5.41) is 3.46. The molecular weight excluding hydrogens is 188 g/mol. The SMILES string of the molecule is Cc1nc([C@@H]2CCCN2)cc(N(C)C)n1. The van der Waals surface area contributed by atoms with Gasteiger partial charge in [-0.3, -0.25) is 0 Å². The number of aryl methyl sites for hydroxylation is 1. The van der Waals surface area contributed by atoms with Crippen LogP contribution in [0.3, 0.4) is 0 Å². The van der Waals surface area contributed by atoms with E-state index in [9.17, 15) is 0 Å². The van der Waals surface area contributed by atoms with Crippen LogP contribution in [0.4, 0.5) is 5.82 Å². The van der Waals surface area contributed by atoms with E-state index >= 15 is 0 Å². The van der Waals surface area contributed by atoms with Crippen molar-refractivity contribution >= 4 is 5.82 Å². The minimum absolute atomic E-state index is 0.422. The predicted molar refractivity (Wildman–Crippen MR) is 61.1 cm³/mol. The molecule has 2 rings (SSSR count). The normalized spacial score (nSPS) is 20.6. The van der Waals surface area contributed by atoms with E-state index in [0.29, 0.717) is 6.04 Å². The van der Waals surface area contributed by atoms with Crippen molar-refractivity contribution in [3.63, 3.8) is 0 Å². The van der Waals surface area contributed by atoms with Crippen LogP contribution < -0.4 is 10.2 Å². The first kappa shape index (κ1) is 10.4. The lowest BCUT2D eigenvalue weighted by Crippen LogP contribution is -2.18. The van der Waals surface area contributed by atoms with Crippen molar-refractivity contribution < 1.29 is 0 Å². The largest absolute Gasteiger partial charge is 0.363 e. The fourth-order valence-corrected chi connectivity index (χ4v) is 1.92. The summed E-state index contributed by atoms with van der Waals surface area (Å²) in [4.78, 5) is 10.9. The first-order valence-electron chi connectivity index (χ1n) is 5.43. The van der Waals surface area contributed by atoms with E-state index in [2.05, 4.69) is 21.4 Å². The van der Waals surface area contributed by atoms with Gasteiger partial charge in [0.15, 0.2) is 0 Å². The zero-order valence-electron chi connectivity index (χ0n) is 9.62. The minimum atomic E-state index is 0.422. The summed E-state index contributed by atoms with van der Waals surface area (Å²) in [6, 6.07) is 2.50. The van der Waals surface area contributed by atoms with Gasteiger partial charge >= 0.3 is 0 Å². The number of aromatic nitrogens is 2. The molecule has 0 bridgehead atoms. The van der Waals surface area contributed by atoms with Crippen LogP contribution in [0.15, 0.2) is 6.07 Å². The van der Waals surface area contributed by atoms with Gasteiger partial charge in [0.25, 0.3) is 0 Å². The zero-order chi connectivity index (χ0) is 10.8. The quantitative estimate of drug-likeness (QED) is 0.791. The van der Waals surface area contributed by atoms with E-state index in [4.69, 9.17) is 0 Å². The van der Waals surface area contributed by atoms with Crippen LogP contribution in [0.2, 0.25) is 0 Å². The average molecular weight is 206 g/mol. The van der Waals surface area contributed by atoms with Crippen LogP contribution in [0.25, 0.3) is 0 Å². The molecule has 1 aromatic heterocycles.